The molecule has 0 atom stereocenters. The number of carbonyl (C=O) groups is 2. The predicted octanol–water partition coefficient (Wildman–Crippen LogP) is 2.53. The normalized spacial score (nSPS) is 14.2. The van der Waals surface area contributed by atoms with Gasteiger partial charge in [0.15, 0.2) is 0 Å². The van der Waals surface area contributed by atoms with Gasteiger partial charge < -0.3 is 14.5 Å². The van der Waals surface area contributed by atoms with Crippen LogP contribution in [-0.2, 0) is 11.2 Å². The Morgan fingerprint density at radius 1 is 0.962 bits per heavy atom. The van der Waals surface area contributed by atoms with E-state index in [9.17, 15) is 9.59 Å². The molecule has 1 fully saturated rings. The maximum absolute atomic E-state index is 12.6. The van der Waals surface area contributed by atoms with E-state index in [-0.39, 0.29) is 11.8 Å². The number of hydrogen-bond acceptors (Lipinski definition) is 3. The molecule has 0 bridgehead atoms. The van der Waals surface area contributed by atoms with Crippen LogP contribution in [0.1, 0.15) is 21.5 Å². The summed E-state index contributed by atoms with van der Waals surface area (Å²) >= 11 is 0. The van der Waals surface area contributed by atoms with Gasteiger partial charge in [0.2, 0.25) is 5.91 Å². The molecule has 2 aromatic carbocycles. The summed E-state index contributed by atoms with van der Waals surface area (Å²) in [7, 11) is 1.64. The second-order valence-electron chi connectivity index (χ2n) is 6.52. The molecule has 2 aromatic rings. The summed E-state index contributed by atoms with van der Waals surface area (Å²) in [6, 6.07) is 15.1. The van der Waals surface area contributed by atoms with Crippen molar-refractivity contribution in [1.29, 1.82) is 0 Å². The van der Waals surface area contributed by atoms with Crippen LogP contribution in [0.15, 0.2) is 48.5 Å². The van der Waals surface area contributed by atoms with Crippen LogP contribution in [0, 0.1) is 6.92 Å². The Morgan fingerprint density at radius 2 is 1.62 bits per heavy atom. The van der Waals surface area contributed by atoms with E-state index in [1.54, 1.807) is 7.11 Å². The van der Waals surface area contributed by atoms with Crippen molar-refractivity contribution in [3.05, 3.63) is 65.2 Å². The van der Waals surface area contributed by atoms with Gasteiger partial charge in [-0.15, -0.1) is 0 Å². The highest BCUT2D eigenvalue weighted by molar-refractivity contribution is 5.94. The molecule has 1 aliphatic rings. The van der Waals surface area contributed by atoms with Crippen molar-refractivity contribution in [2.24, 2.45) is 0 Å². The van der Waals surface area contributed by atoms with E-state index in [1.807, 2.05) is 65.3 Å². The van der Waals surface area contributed by atoms with Crippen molar-refractivity contribution in [2.75, 3.05) is 33.3 Å². The Balaban J connectivity index is 1.55. The second-order valence-corrected chi connectivity index (χ2v) is 6.52. The van der Waals surface area contributed by atoms with Gasteiger partial charge in [-0.3, -0.25) is 9.59 Å². The second kappa shape index (κ2) is 8.04. The van der Waals surface area contributed by atoms with Crippen LogP contribution in [0.5, 0.6) is 5.75 Å². The van der Waals surface area contributed by atoms with Gasteiger partial charge in [0, 0.05) is 31.7 Å². The maximum atomic E-state index is 12.6. The molecule has 0 saturated carbocycles. The lowest BCUT2D eigenvalue weighted by atomic mass is 10.1. The molecule has 0 aliphatic carbocycles. The zero-order valence-corrected chi connectivity index (χ0v) is 15.3. The minimum atomic E-state index is 0.0310. The Morgan fingerprint density at radius 3 is 2.23 bits per heavy atom. The van der Waals surface area contributed by atoms with Crippen LogP contribution in [0.2, 0.25) is 0 Å². The summed E-state index contributed by atoms with van der Waals surface area (Å²) < 4.78 is 5.26. The minimum Gasteiger partial charge on any atom is -0.496 e. The zero-order chi connectivity index (χ0) is 18.5. The molecule has 0 N–H and O–H groups in total. The number of amides is 2. The summed E-state index contributed by atoms with van der Waals surface area (Å²) in [4.78, 5) is 28.7. The SMILES string of the molecule is COc1ccc(CC(=O)N2CCN(C(=O)c3ccccc3)CC2)cc1C. The van der Waals surface area contributed by atoms with Crippen molar-refractivity contribution >= 4 is 11.8 Å². The molecule has 0 spiro atoms. The fourth-order valence-corrected chi connectivity index (χ4v) is 3.26. The summed E-state index contributed by atoms with van der Waals surface area (Å²) in [6.45, 7) is 4.27. The van der Waals surface area contributed by atoms with E-state index in [2.05, 4.69) is 0 Å². The standard InChI is InChI=1S/C21H24N2O3/c1-16-14-17(8-9-19(16)26-2)15-20(24)22-10-12-23(13-11-22)21(25)18-6-4-3-5-7-18/h3-9,14H,10-13,15H2,1-2H3. The lowest BCUT2D eigenvalue weighted by molar-refractivity contribution is -0.131. The van der Waals surface area contributed by atoms with Gasteiger partial charge in [-0.25, -0.2) is 0 Å². The first-order chi connectivity index (χ1) is 12.6. The lowest BCUT2D eigenvalue weighted by Gasteiger charge is -2.35. The van der Waals surface area contributed by atoms with Crippen LogP contribution in [0.25, 0.3) is 0 Å². The molecule has 5 heteroatoms. The van der Waals surface area contributed by atoms with E-state index < -0.39 is 0 Å². The Bertz CT molecular complexity index is 781. The summed E-state index contributed by atoms with van der Waals surface area (Å²) in [5.74, 6) is 0.957. The molecule has 136 valence electrons. The largest absolute Gasteiger partial charge is 0.496 e. The lowest BCUT2D eigenvalue weighted by Crippen LogP contribution is -2.51. The third-order valence-corrected chi connectivity index (χ3v) is 4.75. The van der Waals surface area contributed by atoms with Crippen molar-refractivity contribution in [3.8, 4) is 5.75 Å². The molecule has 0 aromatic heterocycles. The van der Waals surface area contributed by atoms with Crippen molar-refractivity contribution in [1.82, 2.24) is 9.80 Å². The number of hydrogen-bond donors (Lipinski definition) is 0. The molecular formula is C21H24N2O3. The van der Waals surface area contributed by atoms with Crippen molar-refractivity contribution in [2.45, 2.75) is 13.3 Å². The number of nitrogens with zero attached hydrogens (tertiary/aromatic N) is 2. The highest BCUT2D eigenvalue weighted by Gasteiger charge is 2.24. The highest BCUT2D eigenvalue weighted by Crippen LogP contribution is 2.19. The van der Waals surface area contributed by atoms with E-state index in [1.165, 1.54) is 0 Å². The molecule has 26 heavy (non-hydrogen) atoms. The van der Waals surface area contributed by atoms with Crippen LogP contribution >= 0.6 is 0 Å². The Labute approximate surface area is 154 Å². The monoisotopic (exact) mass is 352 g/mol. The number of rotatable bonds is 4. The average molecular weight is 352 g/mol. The number of carbonyl (C=O) groups excluding carboxylic acids is 2. The van der Waals surface area contributed by atoms with Crippen LogP contribution in [0.3, 0.4) is 0 Å². The van der Waals surface area contributed by atoms with Gasteiger partial charge in [-0.1, -0.05) is 30.3 Å². The molecule has 5 nitrogen and oxygen atoms in total. The predicted molar refractivity (Wildman–Crippen MR) is 100 cm³/mol. The molecule has 0 radical (unpaired) electrons. The van der Waals surface area contributed by atoms with Gasteiger partial charge >= 0.3 is 0 Å². The molecule has 3 rings (SSSR count). The van der Waals surface area contributed by atoms with Gasteiger partial charge in [0.25, 0.3) is 5.91 Å². The van der Waals surface area contributed by atoms with Gasteiger partial charge in [0.05, 0.1) is 13.5 Å². The van der Waals surface area contributed by atoms with E-state index >= 15 is 0 Å². The molecule has 1 aliphatic heterocycles. The molecule has 0 unspecified atom stereocenters. The molecule has 2 amide bonds. The molecular weight excluding hydrogens is 328 g/mol. The number of aryl methyl sites for hydroxylation is 1. The fraction of sp³-hybridized carbons (Fsp3) is 0.333. The molecule has 1 heterocycles. The summed E-state index contributed by atoms with van der Waals surface area (Å²) in [5, 5.41) is 0. The molecule has 1 saturated heterocycles. The first-order valence-electron chi connectivity index (χ1n) is 8.84. The number of benzene rings is 2. The van der Waals surface area contributed by atoms with Crippen molar-refractivity contribution < 1.29 is 14.3 Å². The Hall–Kier alpha value is -2.82. The summed E-state index contributed by atoms with van der Waals surface area (Å²) in [5.41, 5.74) is 2.70. The average Bonchev–Trinajstić information content (AvgIpc) is 2.68. The smallest absolute Gasteiger partial charge is 0.253 e. The highest BCUT2D eigenvalue weighted by atomic mass is 16.5. The fourth-order valence-electron chi connectivity index (χ4n) is 3.26. The quantitative estimate of drug-likeness (QED) is 0.850. The first kappa shape index (κ1) is 18.0. The van der Waals surface area contributed by atoms with Crippen LogP contribution in [0.4, 0.5) is 0 Å². The van der Waals surface area contributed by atoms with Gasteiger partial charge in [-0.2, -0.15) is 0 Å². The van der Waals surface area contributed by atoms with Crippen LogP contribution < -0.4 is 4.74 Å². The van der Waals surface area contributed by atoms with E-state index in [0.29, 0.717) is 38.2 Å². The Kier molecular flexibility index (Phi) is 5.56. The third-order valence-electron chi connectivity index (χ3n) is 4.75. The van der Waals surface area contributed by atoms with Gasteiger partial charge in [0.1, 0.15) is 5.75 Å². The zero-order valence-electron chi connectivity index (χ0n) is 15.3. The van der Waals surface area contributed by atoms with Crippen LogP contribution in [-0.4, -0.2) is 54.9 Å². The maximum Gasteiger partial charge on any atom is 0.253 e. The van der Waals surface area contributed by atoms with Gasteiger partial charge in [-0.05, 0) is 36.2 Å². The number of piperazine rings is 1. The summed E-state index contributed by atoms with van der Waals surface area (Å²) in [6.07, 6.45) is 0.372. The number of methoxy groups -OCH3 is 1. The van der Waals surface area contributed by atoms with E-state index in [0.717, 1.165) is 16.9 Å². The first-order valence-corrected chi connectivity index (χ1v) is 8.84. The number of ether oxygens (including phenoxy) is 1. The third kappa shape index (κ3) is 4.04. The van der Waals surface area contributed by atoms with E-state index in [4.69, 9.17) is 4.74 Å². The minimum absolute atomic E-state index is 0.0310. The van der Waals surface area contributed by atoms with Crippen molar-refractivity contribution in [3.63, 3.8) is 0 Å². The topological polar surface area (TPSA) is 49.9 Å².